The van der Waals surface area contributed by atoms with Gasteiger partial charge in [-0.25, -0.2) is 8.78 Å². The average Bonchev–Trinajstić information content (AvgIpc) is 2.84. The highest BCUT2D eigenvalue weighted by Crippen LogP contribution is 2.37. The van der Waals surface area contributed by atoms with Crippen LogP contribution in [0.15, 0.2) is 23.6 Å². The Hall–Kier alpha value is -1.62. The van der Waals surface area contributed by atoms with Crippen molar-refractivity contribution >= 4 is 22.7 Å². The highest BCUT2D eigenvalue weighted by Gasteiger charge is 2.22. The van der Waals surface area contributed by atoms with Crippen LogP contribution in [0.2, 0.25) is 0 Å². The molecule has 2 nitrogen and oxygen atoms in total. The molecule has 0 amide bonds. The molecule has 0 saturated heterocycles. The minimum atomic E-state index is -0.719. The Balaban J connectivity index is 1.91. The SMILES string of the molecule is Nc1c(F)cc(F)cc1NC1CCCc2sccc21. The van der Waals surface area contributed by atoms with Crippen molar-refractivity contribution in [2.45, 2.75) is 25.3 Å². The molecule has 100 valence electrons. The van der Waals surface area contributed by atoms with Gasteiger partial charge in [-0.3, -0.25) is 0 Å². The van der Waals surface area contributed by atoms with Crippen LogP contribution in [0.5, 0.6) is 0 Å². The van der Waals surface area contributed by atoms with Gasteiger partial charge in [0.2, 0.25) is 0 Å². The number of anilines is 2. The van der Waals surface area contributed by atoms with Crippen molar-refractivity contribution < 1.29 is 8.78 Å². The van der Waals surface area contributed by atoms with Crippen LogP contribution < -0.4 is 11.1 Å². The largest absolute Gasteiger partial charge is 0.395 e. The fraction of sp³-hybridized carbons (Fsp3) is 0.286. The van der Waals surface area contributed by atoms with Gasteiger partial charge in [0.1, 0.15) is 5.82 Å². The van der Waals surface area contributed by atoms with E-state index in [1.54, 1.807) is 11.3 Å². The van der Waals surface area contributed by atoms with E-state index in [-0.39, 0.29) is 11.7 Å². The molecule has 19 heavy (non-hydrogen) atoms. The molecule has 1 heterocycles. The van der Waals surface area contributed by atoms with Gasteiger partial charge in [-0.1, -0.05) is 0 Å². The first kappa shape index (κ1) is 12.4. The molecule has 1 aliphatic carbocycles. The van der Waals surface area contributed by atoms with E-state index in [1.165, 1.54) is 16.5 Å². The molecule has 1 atom stereocenters. The van der Waals surface area contributed by atoms with Crippen LogP contribution >= 0.6 is 11.3 Å². The first-order valence-electron chi connectivity index (χ1n) is 6.22. The average molecular weight is 280 g/mol. The number of nitrogens with two attached hydrogens (primary N) is 1. The van der Waals surface area contributed by atoms with Crippen LogP contribution in [0, 0.1) is 11.6 Å². The molecule has 1 aromatic heterocycles. The Morgan fingerprint density at radius 3 is 3.00 bits per heavy atom. The normalized spacial score (nSPS) is 18.1. The topological polar surface area (TPSA) is 38.0 Å². The molecule has 0 aliphatic heterocycles. The molecule has 1 aromatic carbocycles. The zero-order valence-corrected chi connectivity index (χ0v) is 11.1. The van der Waals surface area contributed by atoms with Crippen molar-refractivity contribution in [2.24, 2.45) is 0 Å². The van der Waals surface area contributed by atoms with E-state index < -0.39 is 11.6 Å². The number of nitrogens with one attached hydrogen (secondary N) is 1. The maximum atomic E-state index is 13.4. The van der Waals surface area contributed by atoms with Crippen molar-refractivity contribution in [3.05, 3.63) is 45.7 Å². The number of halogens is 2. The summed E-state index contributed by atoms with van der Waals surface area (Å²) in [6.07, 6.45) is 3.10. The van der Waals surface area contributed by atoms with E-state index in [0.717, 1.165) is 25.3 Å². The summed E-state index contributed by atoms with van der Waals surface area (Å²) in [5, 5.41) is 5.23. The fourth-order valence-electron chi connectivity index (χ4n) is 2.53. The van der Waals surface area contributed by atoms with E-state index >= 15 is 0 Å². The molecule has 1 aliphatic rings. The van der Waals surface area contributed by atoms with E-state index in [0.29, 0.717) is 5.69 Å². The quantitative estimate of drug-likeness (QED) is 0.813. The summed E-state index contributed by atoms with van der Waals surface area (Å²) in [5.74, 6) is -1.33. The second kappa shape index (κ2) is 4.81. The van der Waals surface area contributed by atoms with E-state index in [9.17, 15) is 8.78 Å². The van der Waals surface area contributed by atoms with Gasteiger partial charge in [-0.15, -0.1) is 11.3 Å². The highest BCUT2D eigenvalue weighted by molar-refractivity contribution is 7.10. The summed E-state index contributed by atoms with van der Waals surface area (Å²) in [4.78, 5) is 1.35. The van der Waals surface area contributed by atoms with Gasteiger partial charge in [0.05, 0.1) is 17.4 Å². The Morgan fingerprint density at radius 1 is 1.32 bits per heavy atom. The second-order valence-electron chi connectivity index (χ2n) is 4.74. The van der Waals surface area contributed by atoms with Crippen molar-refractivity contribution in [1.29, 1.82) is 0 Å². The molecular formula is C14H14F2N2S. The summed E-state index contributed by atoms with van der Waals surface area (Å²) in [5.41, 5.74) is 7.20. The maximum absolute atomic E-state index is 13.4. The first-order chi connectivity index (χ1) is 9.15. The molecular weight excluding hydrogens is 266 g/mol. The minimum Gasteiger partial charge on any atom is -0.395 e. The Bertz CT molecular complexity index is 609. The number of fused-ring (bicyclic) bond motifs is 1. The lowest BCUT2D eigenvalue weighted by molar-refractivity contribution is 0.582. The molecule has 0 saturated carbocycles. The number of nitrogen functional groups attached to an aromatic ring is 1. The lowest BCUT2D eigenvalue weighted by atomic mass is 9.94. The van der Waals surface area contributed by atoms with Crippen LogP contribution in [-0.4, -0.2) is 0 Å². The number of benzene rings is 1. The van der Waals surface area contributed by atoms with Crippen LogP contribution in [0.4, 0.5) is 20.2 Å². The van der Waals surface area contributed by atoms with Crippen molar-refractivity contribution in [3.63, 3.8) is 0 Å². The van der Waals surface area contributed by atoms with Gasteiger partial charge in [0.25, 0.3) is 0 Å². The maximum Gasteiger partial charge on any atom is 0.151 e. The molecule has 0 bridgehead atoms. The number of hydrogen-bond acceptors (Lipinski definition) is 3. The van der Waals surface area contributed by atoms with Crippen LogP contribution in [-0.2, 0) is 6.42 Å². The van der Waals surface area contributed by atoms with Crippen molar-refractivity contribution in [3.8, 4) is 0 Å². The standard InChI is InChI=1S/C14H14F2N2S/c15-8-6-10(16)14(17)12(7-8)18-11-2-1-3-13-9(11)4-5-19-13/h4-7,11,18H,1-3,17H2. The smallest absolute Gasteiger partial charge is 0.151 e. The summed E-state index contributed by atoms with van der Waals surface area (Å²) in [7, 11) is 0. The Labute approximate surface area is 114 Å². The predicted molar refractivity (Wildman–Crippen MR) is 74.4 cm³/mol. The highest BCUT2D eigenvalue weighted by atomic mass is 32.1. The van der Waals surface area contributed by atoms with Crippen molar-refractivity contribution in [2.75, 3.05) is 11.1 Å². The Morgan fingerprint density at radius 2 is 2.16 bits per heavy atom. The van der Waals surface area contributed by atoms with E-state index in [1.807, 2.05) is 0 Å². The van der Waals surface area contributed by atoms with E-state index in [2.05, 4.69) is 16.8 Å². The lowest BCUT2D eigenvalue weighted by Gasteiger charge is -2.25. The van der Waals surface area contributed by atoms with Gasteiger partial charge in [0, 0.05) is 10.9 Å². The summed E-state index contributed by atoms with van der Waals surface area (Å²) < 4.78 is 26.7. The molecule has 3 N–H and O–H groups in total. The number of thiophene rings is 1. The Kier molecular flexibility index (Phi) is 3.14. The third-order valence-corrected chi connectivity index (χ3v) is 4.47. The minimum absolute atomic E-state index is 0.0243. The molecule has 2 aromatic rings. The summed E-state index contributed by atoms with van der Waals surface area (Å²) in [6.45, 7) is 0. The number of rotatable bonds is 2. The van der Waals surface area contributed by atoms with Crippen LogP contribution in [0.3, 0.4) is 0 Å². The van der Waals surface area contributed by atoms with Gasteiger partial charge < -0.3 is 11.1 Å². The van der Waals surface area contributed by atoms with Gasteiger partial charge >= 0.3 is 0 Å². The first-order valence-corrected chi connectivity index (χ1v) is 7.10. The van der Waals surface area contributed by atoms with Crippen LogP contribution in [0.1, 0.15) is 29.3 Å². The monoisotopic (exact) mass is 280 g/mol. The molecule has 0 fully saturated rings. The summed E-state index contributed by atoms with van der Waals surface area (Å²) >= 11 is 1.73. The molecule has 0 spiro atoms. The zero-order valence-electron chi connectivity index (χ0n) is 10.2. The third kappa shape index (κ3) is 2.30. The number of hydrogen-bond donors (Lipinski definition) is 2. The van der Waals surface area contributed by atoms with Gasteiger partial charge in [-0.05, 0) is 42.3 Å². The zero-order chi connectivity index (χ0) is 13.4. The fourth-order valence-corrected chi connectivity index (χ4v) is 3.52. The van der Waals surface area contributed by atoms with Gasteiger partial charge in [-0.2, -0.15) is 0 Å². The molecule has 0 radical (unpaired) electrons. The van der Waals surface area contributed by atoms with Crippen LogP contribution in [0.25, 0.3) is 0 Å². The number of aryl methyl sites for hydroxylation is 1. The predicted octanol–water partition coefficient (Wildman–Crippen LogP) is 4.10. The molecule has 1 unspecified atom stereocenters. The van der Waals surface area contributed by atoms with Crippen molar-refractivity contribution in [1.82, 2.24) is 0 Å². The lowest BCUT2D eigenvalue weighted by Crippen LogP contribution is -2.17. The third-order valence-electron chi connectivity index (χ3n) is 3.48. The second-order valence-corrected chi connectivity index (χ2v) is 5.74. The van der Waals surface area contributed by atoms with Gasteiger partial charge in [0.15, 0.2) is 5.82 Å². The molecule has 3 rings (SSSR count). The van der Waals surface area contributed by atoms with E-state index in [4.69, 9.17) is 5.73 Å². The molecule has 5 heteroatoms. The summed E-state index contributed by atoms with van der Waals surface area (Å²) in [6, 6.07) is 4.21.